The minimum atomic E-state index is -3.36. The van der Waals surface area contributed by atoms with Gasteiger partial charge in [0.15, 0.2) is 0 Å². The summed E-state index contributed by atoms with van der Waals surface area (Å²) >= 11 is 5.93. The third-order valence-corrected chi connectivity index (χ3v) is 8.58. The van der Waals surface area contributed by atoms with Gasteiger partial charge in [-0.25, -0.2) is 9.37 Å². The third-order valence-electron chi connectivity index (χ3n) is 6.86. The van der Waals surface area contributed by atoms with Crippen LogP contribution in [-0.2, 0) is 16.7 Å². The van der Waals surface area contributed by atoms with Gasteiger partial charge in [-0.05, 0) is 43.4 Å². The highest BCUT2D eigenvalue weighted by atomic mass is 35.5. The van der Waals surface area contributed by atoms with Gasteiger partial charge in [0.1, 0.15) is 22.6 Å². The third kappa shape index (κ3) is 4.10. The smallest absolute Gasteiger partial charge is 0.302 e. The summed E-state index contributed by atoms with van der Waals surface area (Å²) in [4.78, 5) is 9.94. The minimum absolute atomic E-state index is 0.0144. The molecule has 6 nitrogen and oxygen atoms in total. The summed E-state index contributed by atoms with van der Waals surface area (Å²) in [7, 11) is -1.97. The van der Waals surface area contributed by atoms with Crippen molar-refractivity contribution in [1.29, 1.82) is 0 Å². The van der Waals surface area contributed by atoms with Gasteiger partial charge in [0.2, 0.25) is 5.95 Å². The number of anilines is 2. The van der Waals surface area contributed by atoms with E-state index in [1.807, 2.05) is 0 Å². The number of hydrogen-bond donors (Lipinski definition) is 2. The maximum Gasteiger partial charge on any atom is 0.302 e. The number of aliphatic hydroxyl groups excluding tert-OH is 1. The molecule has 1 aliphatic carbocycles. The van der Waals surface area contributed by atoms with Gasteiger partial charge in [-0.2, -0.15) is 13.8 Å². The van der Waals surface area contributed by atoms with Gasteiger partial charge >= 0.3 is 5.92 Å². The molecule has 1 saturated carbocycles. The maximum atomic E-state index is 15.2. The lowest BCUT2D eigenvalue weighted by Gasteiger charge is -2.42. The van der Waals surface area contributed by atoms with Gasteiger partial charge < -0.3 is 15.3 Å². The van der Waals surface area contributed by atoms with Crippen molar-refractivity contribution in [3.63, 3.8) is 0 Å². The SMILES string of the molecule is O=[S@]1CC(F)(F)c2nc(N3CCC(c4ccc(Cl)cc4)C(F)C3)nc(NC3(CO)CCC3)c21. The minimum Gasteiger partial charge on any atom is -0.394 e. The van der Waals surface area contributed by atoms with Crippen molar-refractivity contribution < 1.29 is 22.5 Å². The van der Waals surface area contributed by atoms with E-state index in [1.165, 1.54) is 0 Å². The number of halogens is 4. The van der Waals surface area contributed by atoms with E-state index < -0.39 is 39.9 Å². The van der Waals surface area contributed by atoms with Crippen molar-refractivity contribution in [2.75, 3.05) is 35.7 Å². The Kier molecular flexibility index (Phi) is 5.81. The second kappa shape index (κ2) is 8.39. The number of rotatable bonds is 5. The van der Waals surface area contributed by atoms with Crippen LogP contribution in [0.5, 0.6) is 0 Å². The Hall–Kier alpha value is -1.91. The molecule has 3 atom stereocenters. The molecule has 2 aromatic rings. The predicted molar refractivity (Wildman–Crippen MR) is 120 cm³/mol. The first-order valence-electron chi connectivity index (χ1n) is 10.9. The molecule has 1 aromatic heterocycles. The Labute approximate surface area is 197 Å². The van der Waals surface area contributed by atoms with E-state index in [2.05, 4.69) is 15.3 Å². The molecule has 33 heavy (non-hydrogen) atoms. The van der Waals surface area contributed by atoms with Crippen LogP contribution in [0.3, 0.4) is 0 Å². The first-order valence-corrected chi connectivity index (χ1v) is 12.6. The molecule has 178 valence electrons. The lowest BCUT2D eigenvalue weighted by Crippen LogP contribution is -2.49. The topological polar surface area (TPSA) is 78.4 Å². The van der Waals surface area contributed by atoms with Crippen molar-refractivity contribution >= 4 is 34.2 Å². The summed E-state index contributed by atoms with van der Waals surface area (Å²) in [5.74, 6) is -4.52. The summed E-state index contributed by atoms with van der Waals surface area (Å²) < 4.78 is 57.0. The van der Waals surface area contributed by atoms with Gasteiger partial charge in [0.25, 0.3) is 0 Å². The molecule has 3 aliphatic rings. The molecule has 5 rings (SSSR count). The number of nitrogens with zero attached hydrogens (tertiary/aromatic N) is 3. The highest BCUT2D eigenvalue weighted by Gasteiger charge is 2.49. The molecule has 2 fully saturated rings. The van der Waals surface area contributed by atoms with Gasteiger partial charge in [0, 0.05) is 17.5 Å². The second-order valence-electron chi connectivity index (χ2n) is 9.07. The lowest BCUT2D eigenvalue weighted by molar-refractivity contribution is 0.0191. The zero-order valence-electron chi connectivity index (χ0n) is 17.7. The van der Waals surface area contributed by atoms with E-state index in [9.17, 15) is 18.1 Å². The quantitative estimate of drug-likeness (QED) is 0.646. The molecule has 2 aliphatic heterocycles. The van der Waals surface area contributed by atoms with Crippen LogP contribution in [0.1, 0.15) is 42.9 Å². The van der Waals surface area contributed by atoms with Crippen LogP contribution >= 0.6 is 11.6 Å². The molecule has 0 bridgehead atoms. The molecule has 2 N–H and O–H groups in total. The number of aliphatic hydroxyl groups is 1. The molecule has 11 heteroatoms. The normalized spacial score (nSPS) is 27.7. The van der Waals surface area contributed by atoms with Crippen LogP contribution in [0.25, 0.3) is 0 Å². The zero-order valence-corrected chi connectivity index (χ0v) is 19.3. The van der Waals surface area contributed by atoms with Crippen LogP contribution in [0.2, 0.25) is 5.02 Å². The van der Waals surface area contributed by atoms with Crippen LogP contribution in [0.4, 0.5) is 24.9 Å². The number of nitrogens with one attached hydrogen (secondary N) is 1. The average molecular weight is 501 g/mol. The van der Waals surface area contributed by atoms with Crippen molar-refractivity contribution in [3.05, 3.63) is 40.5 Å². The second-order valence-corrected chi connectivity index (χ2v) is 10.9. The van der Waals surface area contributed by atoms with Gasteiger partial charge in [-0.1, -0.05) is 23.7 Å². The van der Waals surface area contributed by atoms with E-state index in [0.29, 0.717) is 30.8 Å². The molecule has 2 unspecified atom stereocenters. The number of aromatic nitrogens is 2. The summed E-state index contributed by atoms with van der Waals surface area (Å²) in [6.07, 6.45) is 1.39. The van der Waals surface area contributed by atoms with Crippen molar-refractivity contribution in [2.24, 2.45) is 0 Å². The fraction of sp³-hybridized carbons (Fsp3) is 0.545. The highest BCUT2D eigenvalue weighted by Crippen LogP contribution is 2.45. The molecule has 0 spiro atoms. The van der Waals surface area contributed by atoms with Crippen molar-refractivity contribution in [2.45, 2.75) is 54.1 Å². The summed E-state index contributed by atoms with van der Waals surface area (Å²) in [6.45, 7) is 0.139. The van der Waals surface area contributed by atoms with Crippen LogP contribution in [0.15, 0.2) is 29.2 Å². The Bertz CT molecular complexity index is 1080. The standard InChI is InChI=1S/C22H24ClF3N4O2S/c23-14-4-2-13(3-5-14)15-6-9-30(10-16(15)24)20-27-18-17(33(32)12-22(18,25)26)19(28-20)29-21(11-31)7-1-8-21/h2-5,15-16,31H,1,6-12H2,(H,27,28,29)/t15?,16?,33-/m0/s1. The number of hydrogen-bond acceptors (Lipinski definition) is 6. The van der Waals surface area contributed by atoms with Crippen LogP contribution in [0, 0.1) is 0 Å². The first kappa shape index (κ1) is 22.9. The van der Waals surface area contributed by atoms with Crippen molar-refractivity contribution in [1.82, 2.24) is 9.97 Å². The highest BCUT2D eigenvalue weighted by molar-refractivity contribution is 7.85. The van der Waals surface area contributed by atoms with Crippen LogP contribution in [-0.4, -0.2) is 56.4 Å². The number of alkyl halides is 3. The monoisotopic (exact) mass is 500 g/mol. The van der Waals surface area contributed by atoms with E-state index >= 15 is 4.39 Å². The van der Waals surface area contributed by atoms with E-state index in [4.69, 9.17) is 11.6 Å². The maximum absolute atomic E-state index is 15.2. The molecule has 1 aromatic carbocycles. The zero-order chi connectivity index (χ0) is 23.4. The van der Waals surface area contributed by atoms with E-state index in [-0.39, 0.29) is 35.7 Å². The van der Waals surface area contributed by atoms with E-state index in [1.54, 1.807) is 29.2 Å². The van der Waals surface area contributed by atoms with Gasteiger partial charge in [0.05, 0.1) is 35.2 Å². The number of fused-ring (bicyclic) bond motifs is 1. The summed E-state index contributed by atoms with van der Waals surface area (Å²) in [5, 5.41) is 13.5. The molecule has 0 radical (unpaired) electrons. The number of benzene rings is 1. The fourth-order valence-corrected chi connectivity index (χ4v) is 6.24. The first-order chi connectivity index (χ1) is 15.7. The molecule has 1 saturated heterocycles. The Morgan fingerprint density at radius 1 is 1.24 bits per heavy atom. The predicted octanol–water partition coefficient (Wildman–Crippen LogP) is 4.00. The largest absolute Gasteiger partial charge is 0.394 e. The lowest BCUT2D eigenvalue weighted by atomic mass is 9.77. The fourth-order valence-electron chi connectivity index (χ4n) is 4.78. The van der Waals surface area contributed by atoms with E-state index in [0.717, 1.165) is 12.0 Å². The molecular weight excluding hydrogens is 477 g/mol. The average Bonchev–Trinajstić information content (AvgIpc) is 2.99. The van der Waals surface area contributed by atoms with Crippen molar-refractivity contribution in [3.8, 4) is 0 Å². The molecule has 3 heterocycles. The Morgan fingerprint density at radius 3 is 2.58 bits per heavy atom. The van der Waals surface area contributed by atoms with Gasteiger partial charge in [-0.3, -0.25) is 4.21 Å². The van der Waals surface area contributed by atoms with Gasteiger partial charge in [-0.15, -0.1) is 0 Å². The number of piperidine rings is 1. The molecule has 0 amide bonds. The Morgan fingerprint density at radius 2 is 1.97 bits per heavy atom. The van der Waals surface area contributed by atoms with Crippen LogP contribution < -0.4 is 10.2 Å². The summed E-state index contributed by atoms with van der Waals surface area (Å²) in [5.41, 5.74) is -0.414. The summed E-state index contributed by atoms with van der Waals surface area (Å²) in [6, 6.07) is 7.03. The Balaban J connectivity index is 1.46. The molecular formula is C22H24ClF3N4O2S.